The van der Waals surface area contributed by atoms with Gasteiger partial charge in [-0.25, -0.2) is 15.1 Å². The molecular weight excluding hydrogens is 374 g/mol. The van der Waals surface area contributed by atoms with Crippen molar-refractivity contribution in [2.45, 2.75) is 51.7 Å². The molecule has 1 aromatic heterocycles. The van der Waals surface area contributed by atoms with Crippen LogP contribution in [0.5, 0.6) is 0 Å². The number of hydrogen-bond donors (Lipinski definition) is 4. The minimum absolute atomic E-state index is 0.0216. The minimum atomic E-state index is -1.41. The molecule has 2 heterocycles. The molecule has 1 saturated heterocycles. The molecule has 0 unspecified atom stereocenters. The number of aliphatic hydroxyl groups excluding tert-OH is 3. The third-order valence-electron chi connectivity index (χ3n) is 4.23. The Labute approximate surface area is 161 Å². The van der Waals surface area contributed by atoms with Crippen molar-refractivity contribution in [3.63, 3.8) is 0 Å². The summed E-state index contributed by atoms with van der Waals surface area (Å²) in [5, 5.41) is 28.9. The molecule has 4 atom stereocenters. The van der Waals surface area contributed by atoms with E-state index in [0.29, 0.717) is 6.61 Å². The minimum Gasteiger partial charge on any atom is -0.394 e. The van der Waals surface area contributed by atoms with Crippen molar-refractivity contribution in [3.05, 3.63) is 22.7 Å². The van der Waals surface area contributed by atoms with Crippen molar-refractivity contribution in [1.82, 2.24) is 9.55 Å². The number of anilines is 1. The van der Waals surface area contributed by atoms with E-state index < -0.39 is 48.2 Å². The van der Waals surface area contributed by atoms with Gasteiger partial charge in [-0.2, -0.15) is 4.98 Å². The zero-order chi connectivity index (χ0) is 20.9. The summed E-state index contributed by atoms with van der Waals surface area (Å²) in [5.41, 5.74) is 0.619. The molecule has 1 aliphatic heterocycles. The SMILES string of the molecule is CCCOCC(C)(C)C(=O)ONc1ccn([C@@H]2O[C@H](CO)[C@@H](O)[C@H]2O)c(=O)n1. The fraction of sp³-hybridized carbons (Fsp3) is 0.706. The number of aliphatic hydroxyl groups is 3. The van der Waals surface area contributed by atoms with Gasteiger partial charge in [-0.1, -0.05) is 6.92 Å². The molecule has 0 saturated carbocycles. The van der Waals surface area contributed by atoms with Crippen LogP contribution in [-0.4, -0.2) is 69.0 Å². The van der Waals surface area contributed by atoms with Gasteiger partial charge >= 0.3 is 11.7 Å². The molecule has 11 nitrogen and oxygen atoms in total. The molecular formula is C17H27N3O8. The van der Waals surface area contributed by atoms with Crippen LogP contribution in [0, 0.1) is 5.41 Å². The first-order valence-electron chi connectivity index (χ1n) is 8.98. The van der Waals surface area contributed by atoms with Crippen molar-refractivity contribution in [2.24, 2.45) is 5.41 Å². The maximum Gasteiger partial charge on any atom is 0.351 e. The van der Waals surface area contributed by atoms with E-state index in [9.17, 15) is 19.8 Å². The first kappa shape index (κ1) is 22.2. The van der Waals surface area contributed by atoms with Crippen molar-refractivity contribution in [1.29, 1.82) is 0 Å². The van der Waals surface area contributed by atoms with Crippen LogP contribution in [0.2, 0.25) is 0 Å². The Morgan fingerprint density at radius 2 is 2.11 bits per heavy atom. The summed E-state index contributed by atoms with van der Waals surface area (Å²) in [6.07, 6.45) is -2.85. The molecule has 0 spiro atoms. The summed E-state index contributed by atoms with van der Waals surface area (Å²) < 4.78 is 11.6. The van der Waals surface area contributed by atoms with E-state index in [1.807, 2.05) is 6.92 Å². The summed E-state index contributed by atoms with van der Waals surface area (Å²) in [5.74, 6) is -0.607. The Balaban J connectivity index is 1.99. The highest BCUT2D eigenvalue weighted by molar-refractivity contribution is 5.76. The van der Waals surface area contributed by atoms with Gasteiger partial charge in [0, 0.05) is 18.9 Å². The molecule has 0 aromatic carbocycles. The normalized spacial score (nSPS) is 24.9. The third-order valence-corrected chi connectivity index (χ3v) is 4.23. The van der Waals surface area contributed by atoms with E-state index in [4.69, 9.17) is 19.4 Å². The monoisotopic (exact) mass is 401 g/mol. The average Bonchev–Trinajstić information content (AvgIpc) is 2.94. The van der Waals surface area contributed by atoms with Crippen molar-refractivity contribution < 1.29 is 34.4 Å². The van der Waals surface area contributed by atoms with Gasteiger partial charge in [0.2, 0.25) is 0 Å². The van der Waals surface area contributed by atoms with Gasteiger partial charge in [-0.15, -0.1) is 0 Å². The summed E-state index contributed by atoms with van der Waals surface area (Å²) in [4.78, 5) is 33.1. The number of nitrogens with zero attached hydrogens (tertiary/aromatic N) is 2. The fourth-order valence-corrected chi connectivity index (χ4v) is 2.54. The van der Waals surface area contributed by atoms with E-state index in [1.165, 1.54) is 12.3 Å². The lowest BCUT2D eigenvalue weighted by molar-refractivity contribution is -0.154. The molecule has 1 aliphatic rings. The van der Waals surface area contributed by atoms with E-state index in [1.54, 1.807) is 13.8 Å². The van der Waals surface area contributed by atoms with Crippen molar-refractivity contribution >= 4 is 11.8 Å². The van der Waals surface area contributed by atoms with Gasteiger partial charge in [-0.05, 0) is 20.3 Å². The average molecular weight is 401 g/mol. The number of aromatic nitrogens is 2. The lowest BCUT2D eigenvalue weighted by Gasteiger charge is -2.22. The zero-order valence-corrected chi connectivity index (χ0v) is 16.1. The van der Waals surface area contributed by atoms with Crippen LogP contribution in [0.3, 0.4) is 0 Å². The highest BCUT2D eigenvalue weighted by Gasteiger charge is 2.43. The Morgan fingerprint density at radius 3 is 2.68 bits per heavy atom. The summed E-state index contributed by atoms with van der Waals surface area (Å²) >= 11 is 0. The van der Waals surface area contributed by atoms with Crippen LogP contribution < -0.4 is 11.2 Å². The molecule has 0 bridgehead atoms. The van der Waals surface area contributed by atoms with Gasteiger partial charge in [0.25, 0.3) is 0 Å². The summed E-state index contributed by atoms with van der Waals surface area (Å²) in [6, 6.07) is 1.34. The van der Waals surface area contributed by atoms with Crippen molar-refractivity contribution in [3.8, 4) is 0 Å². The van der Waals surface area contributed by atoms with Gasteiger partial charge in [0.05, 0.1) is 18.6 Å². The number of carbonyl (C=O) groups is 1. The summed E-state index contributed by atoms with van der Waals surface area (Å²) in [6.45, 7) is 5.50. The highest BCUT2D eigenvalue weighted by atomic mass is 16.7. The number of hydrogen-bond acceptors (Lipinski definition) is 10. The van der Waals surface area contributed by atoms with Crippen LogP contribution in [-0.2, 0) is 19.1 Å². The Bertz CT molecular complexity index is 723. The van der Waals surface area contributed by atoms with E-state index >= 15 is 0 Å². The maximum absolute atomic E-state index is 12.2. The Kier molecular flexibility index (Phi) is 7.49. The topological polar surface area (TPSA) is 152 Å². The molecule has 28 heavy (non-hydrogen) atoms. The molecule has 1 fully saturated rings. The lowest BCUT2D eigenvalue weighted by atomic mass is 9.95. The predicted molar refractivity (Wildman–Crippen MR) is 96.1 cm³/mol. The quantitative estimate of drug-likeness (QED) is 0.305. The number of nitrogens with one attached hydrogen (secondary N) is 1. The van der Waals surface area contributed by atoms with E-state index in [-0.39, 0.29) is 12.4 Å². The molecule has 0 radical (unpaired) electrons. The molecule has 158 valence electrons. The van der Waals surface area contributed by atoms with Gasteiger partial charge in [0.15, 0.2) is 12.0 Å². The van der Waals surface area contributed by atoms with E-state index in [2.05, 4.69) is 10.5 Å². The van der Waals surface area contributed by atoms with Gasteiger partial charge in [-0.3, -0.25) is 4.57 Å². The maximum atomic E-state index is 12.2. The molecule has 0 amide bonds. The van der Waals surface area contributed by atoms with Crippen LogP contribution >= 0.6 is 0 Å². The summed E-state index contributed by atoms with van der Waals surface area (Å²) in [7, 11) is 0. The van der Waals surface area contributed by atoms with Crippen LogP contribution in [0.15, 0.2) is 17.1 Å². The fourth-order valence-electron chi connectivity index (χ4n) is 2.54. The number of rotatable bonds is 9. The largest absolute Gasteiger partial charge is 0.394 e. The van der Waals surface area contributed by atoms with Crippen molar-refractivity contribution in [2.75, 3.05) is 25.3 Å². The third kappa shape index (κ3) is 5.06. The standard InChI is InChI=1S/C17H27N3O8/c1-4-7-26-9-17(2,3)15(24)28-19-11-5-6-20(16(25)18-11)14-13(23)12(22)10(8-21)27-14/h5-6,10,12-14,21-23H,4,7-9H2,1-3H3,(H,18,19,25)/t10-,12-,13-,14-/m1/s1. The van der Waals surface area contributed by atoms with Crippen LogP contribution in [0.4, 0.5) is 5.82 Å². The number of ether oxygens (including phenoxy) is 2. The van der Waals surface area contributed by atoms with E-state index in [0.717, 1.165) is 11.0 Å². The first-order chi connectivity index (χ1) is 13.2. The number of carbonyl (C=O) groups excluding carboxylic acids is 1. The predicted octanol–water partition coefficient (Wildman–Crippen LogP) is -0.822. The van der Waals surface area contributed by atoms with Gasteiger partial charge in [0.1, 0.15) is 18.3 Å². The smallest absolute Gasteiger partial charge is 0.351 e. The Hall–Kier alpha value is -2.05. The molecule has 11 heteroatoms. The second-order valence-electron chi connectivity index (χ2n) is 7.16. The van der Waals surface area contributed by atoms with Gasteiger partial charge < -0.3 is 29.6 Å². The molecule has 0 aliphatic carbocycles. The second kappa shape index (κ2) is 9.43. The lowest BCUT2D eigenvalue weighted by Crippen LogP contribution is -2.36. The molecule has 2 rings (SSSR count). The first-order valence-corrected chi connectivity index (χ1v) is 8.98. The highest BCUT2D eigenvalue weighted by Crippen LogP contribution is 2.28. The Morgan fingerprint density at radius 1 is 1.39 bits per heavy atom. The van der Waals surface area contributed by atoms with Crippen LogP contribution in [0.1, 0.15) is 33.4 Å². The molecule has 1 aromatic rings. The van der Waals surface area contributed by atoms with Crippen LogP contribution in [0.25, 0.3) is 0 Å². The molecule has 4 N–H and O–H groups in total. The zero-order valence-electron chi connectivity index (χ0n) is 16.1. The second-order valence-corrected chi connectivity index (χ2v) is 7.16.